The second-order valence-electron chi connectivity index (χ2n) is 4.98. The maximum absolute atomic E-state index is 12.5. The van der Waals surface area contributed by atoms with Gasteiger partial charge < -0.3 is 0 Å². The maximum atomic E-state index is 12.5. The van der Waals surface area contributed by atoms with Crippen molar-refractivity contribution in [3.05, 3.63) is 60.2 Å². The Morgan fingerprint density at radius 1 is 0.789 bits per heavy atom. The first kappa shape index (κ1) is 12.3. The molecule has 0 aromatic heterocycles. The van der Waals surface area contributed by atoms with Crippen molar-refractivity contribution in [3.8, 4) is 11.1 Å². The summed E-state index contributed by atoms with van der Waals surface area (Å²) in [5, 5.41) is 0. The molecule has 0 N–H and O–H groups in total. The number of halogens is 3. The Labute approximate surface area is 109 Å². The summed E-state index contributed by atoms with van der Waals surface area (Å²) in [6.45, 7) is 0. The lowest BCUT2D eigenvalue weighted by atomic mass is 10.0. The summed E-state index contributed by atoms with van der Waals surface area (Å²) in [7, 11) is 0. The van der Waals surface area contributed by atoms with Gasteiger partial charge in [-0.1, -0.05) is 54.6 Å². The molecular formula is C16H13F3. The lowest BCUT2D eigenvalue weighted by Crippen LogP contribution is -2.11. The minimum Gasteiger partial charge on any atom is -0.171 e. The zero-order valence-electron chi connectivity index (χ0n) is 10.2. The third-order valence-corrected chi connectivity index (χ3v) is 3.66. The molecule has 0 spiro atoms. The molecule has 0 nitrogen and oxygen atoms in total. The van der Waals surface area contributed by atoms with E-state index in [2.05, 4.69) is 0 Å². The van der Waals surface area contributed by atoms with Crippen LogP contribution in [0.15, 0.2) is 54.6 Å². The Bertz CT molecular complexity index is 555. The van der Waals surface area contributed by atoms with Gasteiger partial charge in [-0.15, -0.1) is 0 Å². The molecule has 0 saturated heterocycles. The normalized spacial score (nSPS) is 22.3. The van der Waals surface area contributed by atoms with Crippen molar-refractivity contribution >= 4 is 0 Å². The van der Waals surface area contributed by atoms with Gasteiger partial charge in [-0.3, -0.25) is 0 Å². The summed E-state index contributed by atoms with van der Waals surface area (Å²) in [6.07, 6.45) is -3.82. The van der Waals surface area contributed by atoms with Crippen molar-refractivity contribution in [2.75, 3.05) is 0 Å². The molecule has 98 valence electrons. The first-order valence-electron chi connectivity index (χ1n) is 6.28. The van der Waals surface area contributed by atoms with Crippen LogP contribution in [0.4, 0.5) is 13.2 Å². The first-order chi connectivity index (χ1) is 9.05. The lowest BCUT2D eigenvalue weighted by molar-refractivity contribution is -0.148. The smallest absolute Gasteiger partial charge is 0.171 e. The fourth-order valence-electron chi connectivity index (χ4n) is 2.48. The minimum absolute atomic E-state index is 0.230. The van der Waals surface area contributed by atoms with Crippen LogP contribution in [-0.2, 0) is 0 Å². The van der Waals surface area contributed by atoms with Gasteiger partial charge in [0.1, 0.15) is 0 Å². The highest BCUT2D eigenvalue weighted by molar-refractivity contribution is 5.63. The largest absolute Gasteiger partial charge is 0.392 e. The molecule has 0 aliphatic heterocycles. The molecule has 0 heterocycles. The van der Waals surface area contributed by atoms with Gasteiger partial charge in [-0.2, -0.15) is 13.2 Å². The van der Waals surface area contributed by atoms with Gasteiger partial charge in [-0.05, 0) is 29.0 Å². The zero-order chi connectivity index (χ0) is 13.5. The van der Waals surface area contributed by atoms with Gasteiger partial charge in [0, 0.05) is 0 Å². The SMILES string of the molecule is FC(F)(F)[C@@H]1C[C@H]1c1ccc(-c2ccccc2)cc1. The number of alkyl halides is 3. The van der Waals surface area contributed by atoms with Crippen LogP contribution in [0.3, 0.4) is 0 Å². The highest BCUT2D eigenvalue weighted by Crippen LogP contribution is 2.56. The summed E-state index contributed by atoms with van der Waals surface area (Å²) in [6, 6.07) is 17.3. The van der Waals surface area contributed by atoms with E-state index in [0.29, 0.717) is 0 Å². The average molecular weight is 262 g/mol. The van der Waals surface area contributed by atoms with E-state index in [-0.39, 0.29) is 12.3 Å². The van der Waals surface area contributed by atoms with Crippen LogP contribution in [0.25, 0.3) is 11.1 Å². The summed E-state index contributed by atoms with van der Waals surface area (Å²) < 4.78 is 37.6. The van der Waals surface area contributed by atoms with Gasteiger partial charge in [0.15, 0.2) is 0 Å². The summed E-state index contributed by atoms with van der Waals surface area (Å²) in [5.41, 5.74) is 2.91. The van der Waals surface area contributed by atoms with Crippen LogP contribution in [0, 0.1) is 5.92 Å². The Kier molecular flexibility index (Phi) is 2.85. The van der Waals surface area contributed by atoms with Crippen LogP contribution in [0.1, 0.15) is 17.9 Å². The molecule has 2 atom stereocenters. The Morgan fingerprint density at radius 3 is 1.89 bits per heavy atom. The van der Waals surface area contributed by atoms with E-state index in [1.54, 1.807) is 0 Å². The van der Waals surface area contributed by atoms with E-state index in [4.69, 9.17) is 0 Å². The third-order valence-electron chi connectivity index (χ3n) is 3.66. The molecule has 3 rings (SSSR count). The Balaban J connectivity index is 1.78. The second-order valence-corrected chi connectivity index (χ2v) is 4.98. The van der Waals surface area contributed by atoms with E-state index in [1.807, 2.05) is 54.6 Å². The topological polar surface area (TPSA) is 0 Å². The van der Waals surface area contributed by atoms with E-state index >= 15 is 0 Å². The summed E-state index contributed by atoms with van der Waals surface area (Å²) >= 11 is 0. The minimum atomic E-state index is -4.05. The molecule has 2 aromatic carbocycles. The van der Waals surface area contributed by atoms with Gasteiger partial charge in [0.2, 0.25) is 0 Å². The maximum Gasteiger partial charge on any atom is 0.392 e. The average Bonchev–Trinajstić information content (AvgIpc) is 3.20. The first-order valence-corrected chi connectivity index (χ1v) is 6.28. The van der Waals surface area contributed by atoms with Crippen LogP contribution in [-0.4, -0.2) is 6.18 Å². The highest BCUT2D eigenvalue weighted by atomic mass is 19.4. The predicted octanol–water partition coefficient (Wildman–Crippen LogP) is 5.02. The van der Waals surface area contributed by atoms with Crippen LogP contribution in [0.2, 0.25) is 0 Å². The number of hydrogen-bond donors (Lipinski definition) is 0. The Morgan fingerprint density at radius 2 is 1.37 bits per heavy atom. The molecule has 3 heteroatoms. The molecule has 1 saturated carbocycles. The van der Waals surface area contributed by atoms with E-state index < -0.39 is 12.1 Å². The van der Waals surface area contributed by atoms with Gasteiger partial charge >= 0.3 is 6.18 Å². The van der Waals surface area contributed by atoms with Crippen molar-refractivity contribution in [1.82, 2.24) is 0 Å². The van der Waals surface area contributed by atoms with E-state index in [1.165, 1.54) is 0 Å². The third kappa shape index (κ3) is 2.50. The number of rotatable bonds is 2. The van der Waals surface area contributed by atoms with Crippen molar-refractivity contribution in [1.29, 1.82) is 0 Å². The van der Waals surface area contributed by atoms with Crippen molar-refractivity contribution in [3.63, 3.8) is 0 Å². The van der Waals surface area contributed by atoms with Crippen molar-refractivity contribution < 1.29 is 13.2 Å². The van der Waals surface area contributed by atoms with Gasteiger partial charge in [0.25, 0.3) is 0 Å². The highest BCUT2D eigenvalue weighted by Gasteiger charge is 2.55. The summed E-state index contributed by atoms with van der Waals surface area (Å²) in [5.74, 6) is -1.49. The molecular weight excluding hydrogens is 249 g/mol. The second kappa shape index (κ2) is 4.41. The molecule has 1 fully saturated rings. The van der Waals surface area contributed by atoms with Crippen LogP contribution >= 0.6 is 0 Å². The predicted molar refractivity (Wildman–Crippen MR) is 68.8 cm³/mol. The monoisotopic (exact) mass is 262 g/mol. The molecule has 19 heavy (non-hydrogen) atoms. The number of benzene rings is 2. The zero-order valence-corrected chi connectivity index (χ0v) is 10.2. The van der Waals surface area contributed by atoms with E-state index in [9.17, 15) is 13.2 Å². The molecule has 0 bridgehead atoms. The van der Waals surface area contributed by atoms with Crippen molar-refractivity contribution in [2.45, 2.75) is 18.5 Å². The van der Waals surface area contributed by atoms with Gasteiger partial charge in [-0.25, -0.2) is 0 Å². The lowest BCUT2D eigenvalue weighted by Gasteiger charge is -2.06. The Hall–Kier alpha value is -1.77. The van der Waals surface area contributed by atoms with E-state index in [0.717, 1.165) is 16.7 Å². The van der Waals surface area contributed by atoms with Gasteiger partial charge in [0.05, 0.1) is 5.92 Å². The molecule has 0 radical (unpaired) electrons. The molecule has 2 aromatic rings. The molecule has 1 aliphatic carbocycles. The molecule has 1 aliphatic rings. The quantitative estimate of drug-likeness (QED) is 0.713. The standard InChI is InChI=1S/C16H13F3/c17-16(18,19)15-10-14(15)13-8-6-12(7-9-13)11-4-2-1-3-5-11/h1-9,14-15H,10H2/t14-,15+/m0/s1. The number of hydrogen-bond acceptors (Lipinski definition) is 0. The van der Waals surface area contributed by atoms with Crippen LogP contribution < -0.4 is 0 Å². The fourth-order valence-corrected chi connectivity index (χ4v) is 2.48. The molecule has 0 amide bonds. The summed E-state index contributed by atoms with van der Waals surface area (Å²) in [4.78, 5) is 0. The van der Waals surface area contributed by atoms with Crippen molar-refractivity contribution in [2.24, 2.45) is 5.92 Å². The fraction of sp³-hybridized carbons (Fsp3) is 0.250. The molecule has 0 unspecified atom stereocenters. The van der Waals surface area contributed by atoms with Crippen LogP contribution in [0.5, 0.6) is 0 Å².